The Kier molecular flexibility index (Phi) is 4.94. The topological polar surface area (TPSA) is 83.6 Å². The predicted molar refractivity (Wildman–Crippen MR) is 89.0 cm³/mol. The van der Waals surface area contributed by atoms with Gasteiger partial charge in [-0.1, -0.05) is 36.4 Å². The minimum atomic E-state index is -0.715. The van der Waals surface area contributed by atoms with E-state index in [0.29, 0.717) is 11.3 Å². The Balaban J connectivity index is 1.65. The Morgan fingerprint density at radius 3 is 2.60 bits per heavy atom. The molecule has 0 saturated heterocycles. The van der Waals surface area contributed by atoms with Crippen molar-refractivity contribution < 1.29 is 18.7 Å². The number of nitrogens with zero attached hydrogens (tertiary/aromatic N) is 2. The zero-order valence-corrected chi connectivity index (χ0v) is 13.5. The lowest BCUT2D eigenvalue weighted by molar-refractivity contribution is -0.146. The fraction of sp³-hybridized carbons (Fsp3) is 0.167. The first-order valence-corrected chi connectivity index (χ1v) is 7.58. The third-order valence-electron chi connectivity index (χ3n) is 3.49. The summed E-state index contributed by atoms with van der Waals surface area (Å²) in [6.07, 6.45) is 0. The van der Waals surface area contributed by atoms with Crippen molar-refractivity contribution in [1.82, 2.24) is 9.78 Å². The molecule has 0 amide bonds. The summed E-state index contributed by atoms with van der Waals surface area (Å²) >= 11 is 0. The summed E-state index contributed by atoms with van der Waals surface area (Å²) in [5, 5.41) is 4.02. The highest BCUT2D eigenvalue weighted by Crippen LogP contribution is 2.18. The van der Waals surface area contributed by atoms with E-state index < -0.39 is 11.7 Å². The largest absolute Gasteiger partial charge is 0.496 e. The van der Waals surface area contributed by atoms with Gasteiger partial charge in [-0.05, 0) is 18.2 Å². The average molecular weight is 340 g/mol. The number of aromatic nitrogens is 2. The number of hydrogen-bond donors (Lipinski definition) is 0. The van der Waals surface area contributed by atoms with E-state index in [-0.39, 0.29) is 19.0 Å². The van der Waals surface area contributed by atoms with Gasteiger partial charge < -0.3 is 13.9 Å². The molecule has 7 nitrogen and oxygen atoms in total. The van der Waals surface area contributed by atoms with Crippen LogP contribution in [0.2, 0.25) is 0 Å². The highest BCUT2D eigenvalue weighted by Gasteiger charge is 2.14. The van der Waals surface area contributed by atoms with E-state index in [1.54, 1.807) is 43.5 Å². The van der Waals surface area contributed by atoms with Crippen molar-refractivity contribution in [2.75, 3.05) is 7.11 Å². The molecule has 1 heterocycles. The molecule has 0 aliphatic carbocycles. The maximum atomic E-state index is 12.0. The van der Waals surface area contributed by atoms with Crippen LogP contribution in [0.4, 0.5) is 0 Å². The molecule has 0 spiro atoms. The number of methoxy groups -OCH3 is 1. The van der Waals surface area contributed by atoms with Gasteiger partial charge in [0.05, 0.1) is 7.11 Å². The Hall–Kier alpha value is -3.35. The zero-order chi connectivity index (χ0) is 17.6. The minimum absolute atomic E-state index is 0.0426. The number of hydrogen-bond acceptors (Lipinski definition) is 6. The molecule has 0 unspecified atom stereocenters. The van der Waals surface area contributed by atoms with E-state index in [1.807, 2.05) is 18.2 Å². The third kappa shape index (κ3) is 3.95. The first-order valence-electron chi connectivity index (χ1n) is 7.58. The second-order valence-corrected chi connectivity index (χ2v) is 5.17. The average Bonchev–Trinajstić information content (AvgIpc) is 3.01. The minimum Gasteiger partial charge on any atom is -0.496 e. The molecule has 0 atom stereocenters. The van der Waals surface area contributed by atoms with Crippen molar-refractivity contribution in [3.63, 3.8) is 0 Å². The molecule has 7 heteroatoms. The van der Waals surface area contributed by atoms with Crippen LogP contribution in [-0.4, -0.2) is 22.9 Å². The van der Waals surface area contributed by atoms with Crippen LogP contribution in [0, 0.1) is 0 Å². The van der Waals surface area contributed by atoms with Gasteiger partial charge in [0.1, 0.15) is 18.9 Å². The van der Waals surface area contributed by atoms with Gasteiger partial charge >= 0.3 is 11.7 Å². The summed E-state index contributed by atoms with van der Waals surface area (Å²) in [7, 11) is 1.54. The molecule has 0 bridgehead atoms. The Labute approximate surface area is 143 Å². The molecular weight excluding hydrogens is 324 g/mol. The lowest BCUT2D eigenvalue weighted by Gasteiger charge is -2.08. The van der Waals surface area contributed by atoms with Gasteiger partial charge in [-0.3, -0.25) is 4.79 Å². The van der Waals surface area contributed by atoms with Crippen LogP contribution in [0.5, 0.6) is 5.75 Å². The van der Waals surface area contributed by atoms with Crippen LogP contribution in [0.3, 0.4) is 0 Å². The van der Waals surface area contributed by atoms with Crippen molar-refractivity contribution in [1.29, 1.82) is 0 Å². The number of esters is 1. The first-order chi connectivity index (χ1) is 12.2. The van der Waals surface area contributed by atoms with Gasteiger partial charge in [0.15, 0.2) is 0 Å². The van der Waals surface area contributed by atoms with E-state index >= 15 is 0 Å². The lowest BCUT2D eigenvalue weighted by Crippen LogP contribution is -2.23. The Morgan fingerprint density at radius 2 is 1.84 bits per heavy atom. The quantitative estimate of drug-likeness (QED) is 0.640. The van der Waals surface area contributed by atoms with Gasteiger partial charge in [-0.25, -0.2) is 4.79 Å². The molecule has 3 aromatic rings. The van der Waals surface area contributed by atoms with Gasteiger partial charge in [0.2, 0.25) is 5.89 Å². The van der Waals surface area contributed by atoms with E-state index in [4.69, 9.17) is 13.9 Å². The van der Waals surface area contributed by atoms with Crippen LogP contribution in [0.15, 0.2) is 63.8 Å². The third-order valence-corrected chi connectivity index (χ3v) is 3.49. The zero-order valence-electron chi connectivity index (χ0n) is 13.5. The molecule has 25 heavy (non-hydrogen) atoms. The van der Waals surface area contributed by atoms with Gasteiger partial charge in [0.25, 0.3) is 0 Å². The summed E-state index contributed by atoms with van der Waals surface area (Å²) in [6.45, 7) is -0.286. The second-order valence-electron chi connectivity index (χ2n) is 5.17. The highest BCUT2D eigenvalue weighted by molar-refractivity contribution is 5.69. The number of rotatable bonds is 6. The smallest absolute Gasteiger partial charge is 0.437 e. The van der Waals surface area contributed by atoms with E-state index in [9.17, 15) is 9.59 Å². The monoisotopic (exact) mass is 340 g/mol. The van der Waals surface area contributed by atoms with Gasteiger partial charge in [-0.2, -0.15) is 4.68 Å². The molecule has 3 rings (SSSR count). The fourth-order valence-electron chi connectivity index (χ4n) is 2.25. The van der Waals surface area contributed by atoms with Crippen molar-refractivity contribution in [3.8, 4) is 17.2 Å². The second kappa shape index (κ2) is 7.48. The molecule has 0 aliphatic heterocycles. The van der Waals surface area contributed by atoms with E-state index in [0.717, 1.165) is 10.2 Å². The highest BCUT2D eigenvalue weighted by atomic mass is 16.5. The molecule has 1 aromatic heterocycles. The van der Waals surface area contributed by atoms with Crippen LogP contribution in [-0.2, 0) is 22.7 Å². The van der Waals surface area contributed by atoms with Gasteiger partial charge in [-0.15, -0.1) is 5.10 Å². The van der Waals surface area contributed by atoms with Crippen molar-refractivity contribution in [2.45, 2.75) is 13.2 Å². The summed E-state index contributed by atoms with van der Waals surface area (Å²) < 4.78 is 16.4. The Bertz CT molecular complexity index is 914. The molecular formula is C18H16N2O5. The summed E-state index contributed by atoms with van der Waals surface area (Å²) in [4.78, 5) is 23.8. The number of carbonyl (C=O) groups is 1. The molecule has 0 N–H and O–H groups in total. The normalized spacial score (nSPS) is 10.4. The van der Waals surface area contributed by atoms with Crippen LogP contribution >= 0.6 is 0 Å². The Morgan fingerprint density at radius 1 is 1.12 bits per heavy atom. The number of benzene rings is 2. The molecule has 0 radical (unpaired) electrons. The summed E-state index contributed by atoms with van der Waals surface area (Å²) in [5.41, 5.74) is 1.39. The number of carbonyl (C=O) groups excluding carboxylic acids is 1. The summed E-state index contributed by atoms with van der Waals surface area (Å²) in [6, 6.07) is 16.2. The summed E-state index contributed by atoms with van der Waals surface area (Å²) in [5.74, 6) is -0.530. The lowest BCUT2D eigenvalue weighted by atomic mass is 10.2. The maximum Gasteiger partial charge on any atom is 0.437 e. The first kappa shape index (κ1) is 16.5. The molecule has 0 saturated carbocycles. The predicted octanol–water partition coefficient (Wildman–Crippen LogP) is 2.26. The SMILES string of the molecule is COc1ccccc1COC(=O)Cn1nc(-c2ccccc2)oc1=O. The fourth-order valence-corrected chi connectivity index (χ4v) is 2.25. The van der Waals surface area contributed by atoms with Crippen molar-refractivity contribution >= 4 is 5.97 Å². The molecule has 0 fully saturated rings. The van der Waals surface area contributed by atoms with Crippen LogP contribution < -0.4 is 10.5 Å². The molecule has 0 aliphatic rings. The van der Waals surface area contributed by atoms with Crippen molar-refractivity contribution in [2.24, 2.45) is 0 Å². The van der Waals surface area contributed by atoms with Crippen LogP contribution in [0.25, 0.3) is 11.5 Å². The van der Waals surface area contributed by atoms with E-state index in [1.165, 1.54) is 0 Å². The van der Waals surface area contributed by atoms with Gasteiger partial charge in [0, 0.05) is 11.1 Å². The standard InChI is InChI=1S/C18H16N2O5/c1-23-15-10-6-5-9-14(15)12-24-16(21)11-20-18(22)25-17(19-20)13-7-3-2-4-8-13/h2-10H,11-12H2,1H3. The van der Waals surface area contributed by atoms with Crippen LogP contribution in [0.1, 0.15) is 5.56 Å². The van der Waals surface area contributed by atoms with Crippen molar-refractivity contribution in [3.05, 3.63) is 70.7 Å². The number of ether oxygens (including phenoxy) is 2. The number of para-hydroxylation sites is 1. The molecule has 128 valence electrons. The van der Waals surface area contributed by atoms with E-state index in [2.05, 4.69) is 5.10 Å². The maximum absolute atomic E-state index is 12.0. The molecule has 2 aromatic carbocycles.